The third kappa shape index (κ3) is 6.61. The number of likely N-dealkylation sites (N-methyl/N-ethyl adjacent to an activating group) is 1. The van der Waals surface area contributed by atoms with Crippen molar-refractivity contribution in [2.24, 2.45) is 10.9 Å². The maximum Gasteiger partial charge on any atom is 0.193 e. The highest BCUT2D eigenvalue weighted by Gasteiger charge is 2.21. The Bertz CT molecular complexity index is 503. The normalized spacial score (nSPS) is 14.9. The van der Waals surface area contributed by atoms with Crippen molar-refractivity contribution < 1.29 is 4.74 Å². The van der Waals surface area contributed by atoms with E-state index in [1.807, 2.05) is 7.05 Å². The summed E-state index contributed by atoms with van der Waals surface area (Å²) >= 11 is 0. The number of hydrogen-bond acceptors (Lipinski definition) is 2. The topological polar surface area (TPSA) is 36.9 Å². The molecule has 2 rings (SSSR count). The van der Waals surface area contributed by atoms with Crippen LogP contribution in [0.1, 0.15) is 29.5 Å². The Morgan fingerprint density at radius 2 is 1.96 bits per heavy atom. The third-order valence-corrected chi connectivity index (χ3v) is 4.17. The molecule has 23 heavy (non-hydrogen) atoms. The van der Waals surface area contributed by atoms with Crippen LogP contribution in [-0.4, -0.2) is 51.3 Å². The number of nitrogens with one attached hydrogen (secondary N) is 1. The second-order valence-electron chi connectivity index (χ2n) is 6.66. The van der Waals surface area contributed by atoms with Gasteiger partial charge in [0, 0.05) is 33.8 Å². The lowest BCUT2D eigenvalue weighted by Crippen LogP contribution is -2.41. The Balaban J connectivity index is 1.68. The lowest BCUT2D eigenvalue weighted by molar-refractivity contribution is 0.115. The molecule has 0 amide bonds. The molecule has 0 radical (unpaired) electrons. The number of benzene rings is 1. The Labute approximate surface area is 140 Å². The molecular formula is C19H31N3O. The van der Waals surface area contributed by atoms with Gasteiger partial charge in [-0.05, 0) is 44.6 Å². The van der Waals surface area contributed by atoms with Crippen LogP contribution >= 0.6 is 0 Å². The zero-order chi connectivity index (χ0) is 16.7. The van der Waals surface area contributed by atoms with Crippen molar-refractivity contribution in [3.05, 3.63) is 34.9 Å². The van der Waals surface area contributed by atoms with E-state index < -0.39 is 0 Å². The van der Waals surface area contributed by atoms with E-state index in [9.17, 15) is 0 Å². The van der Waals surface area contributed by atoms with E-state index in [4.69, 9.17) is 4.74 Å². The third-order valence-electron chi connectivity index (χ3n) is 4.17. The van der Waals surface area contributed by atoms with Crippen molar-refractivity contribution in [1.29, 1.82) is 0 Å². The van der Waals surface area contributed by atoms with Gasteiger partial charge < -0.3 is 15.0 Å². The van der Waals surface area contributed by atoms with Crippen molar-refractivity contribution in [2.45, 2.75) is 33.1 Å². The fraction of sp³-hybridized carbons (Fsp3) is 0.632. The van der Waals surface area contributed by atoms with Crippen molar-refractivity contribution in [3.8, 4) is 0 Å². The van der Waals surface area contributed by atoms with Crippen molar-refractivity contribution in [3.63, 3.8) is 0 Å². The molecule has 1 saturated carbocycles. The van der Waals surface area contributed by atoms with Crippen molar-refractivity contribution in [1.82, 2.24) is 10.2 Å². The Morgan fingerprint density at radius 1 is 1.26 bits per heavy atom. The quantitative estimate of drug-likeness (QED) is 0.455. The zero-order valence-electron chi connectivity index (χ0n) is 15.1. The molecule has 0 atom stereocenters. The molecule has 4 nitrogen and oxygen atoms in total. The molecule has 0 saturated heterocycles. The fourth-order valence-corrected chi connectivity index (χ4v) is 2.76. The fourth-order valence-electron chi connectivity index (χ4n) is 2.76. The molecule has 0 spiro atoms. The van der Waals surface area contributed by atoms with Gasteiger partial charge in [0.25, 0.3) is 0 Å². The summed E-state index contributed by atoms with van der Waals surface area (Å²) < 4.78 is 5.70. The standard InChI is InChI=1S/C19H31N3O/c1-15-11-16(2)13-18(12-15)7-8-21-19(20-3)22(4)9-10-23-14-17-5-6-17/h11-13,17H,5-10,14H2,1-4H3,(H,20,21). The molecule has 4 heteroatoms. The molecular weight excluding hydrogens is 286 g/mol. The average molecular weight is 317 g/mol. The first-order valence-electron chi connectivity index (χ1n) is 8.65. The summed E-state index contributed by atoms with van der Waals surface area (Å²) in [5.74, 6) is 1.76. The van der Waals surface area contributed by atoms with Gasteiger partial charge >= 0.3 is 0 Å². The van der Waals surface area contributed by atoms with E-state index in [1.54, 1.807) is 0 Å². The van der Waals surface area contributed by atoms with Gasteiger partial charge in [0.2, 0.25) is 0 Å². The molecule has 1 aliphatic carbocycles. The molecule has 1 aromatic rings. The smallest absolute Gasteiger partial charge is 0.193 e. The van der Waals surface area contributed by atoms with Gasteiger partial charge in [-0.15, -0.1) is 0 Å². The summed E-state index contributed by atoms with van der Waals surface area (Å²) in [5.41, 5.74) is 4.03. The Hall–Kier alpha value is -1.55. The van der Waals surface area contributed by atoms with Crippen LogP contribution in [0, 0.1) is 19.8 Å². The highest BCUT2D eigenvalue weighted by atomic mass is 16.5. The summed E-state index contributed by atoms with van der Waals surface area (Å²) in [6.45, 7) is 7.76. The molecule has 0 aromatic heterocycles. The number of aryl methyl sites for hydroxylation is 2. The minimum Gasteiger partial charge on any atom is -0.379 e. The zero-order valence-corrected chi connectivity index (χ0v) is 15.1. The van der Waals surface area contributed by atoms with E-state index in [-0.39, 0.29) is 0 Å². The monoisotopic (exact) mass is 317 g/mol. The van der Waals surface area contributed by atoms with Gasteiger partial charge in [0.15, 0.2) is 5.96 Å². The van der Waals surface area contributed by atoms with Crippen LogP contribution in [0.15, 0.2) is 23.2 Å². The summed E-state index contributed by atoms with van der Waals surface area (Å²) in [5, 5.41) is 3.44. The van der Waals surface area contributed by atoms with Crippen LogP contribution in [0.5, 0.6) is 0 Å². The molecule has 0 aliphatic heterocycles. The van der Waals surface area contributed by atoms with Gasteiger partial charge in [0.1, 0.15) is 0 Å². The number of guanidine groups is 1. The summed E-state index contributed by atoms with van der Waals surface area (Å²) in [6, 6.07) is 6.73. The van der Waals surface area contributed by atoms with Gasteiger partial charge in [-0.3, -0.25) is 4.99 Å². The van der Waals surface area contributed by atoms with E-state index in [0.29, 0.717) is 0 Å². The molecule has 0 bridgehead atoms. The molecule has 1 aromatic carbocycles. The predicted molar refractivity (Wildman–Crippen MR) is 97.2 cm³/mol. The van der Waals surface area contributed by atoms with Crippen LogP contribution in [-0.2, 0) is 11.2 Å². The Morgan fingerprint density at radius 3 is 2.57 bits per heavy atom. The molecule has 1 N–H and O–H groups in total. The Kier molecular flexibility index (Phi) is 6.90. The molecule has 0 unspecified atom stereocenters. The molecule has 128 valence electrons. The molecule has 1 aliphatic rings. The lowest BCUT2D eigenvalue weighted by Gasteiger charge is -2.22. The predicted octanol–water partition coefficient (Wildman–Crippen LogP) is 2.78. The second kappa shape index (κ2) is 8.92. The van der Waals surface area contributed by atoms with Crippen LogP contribution in [0.25, 0.3) is 0 Å². The van der Waals surface area contributed by atoms with E-state index in [2.05, 4.69) is 54.3 Å². The van der Waals surface area contributed by atoms with Crippen LogP contribution in [0.4, 0.5) is 0 Å². The highest BCUT2D eigenvalue weighted by Crippen LogP contribution is 2.28. The average Bonchev–Trinajstić information content (AvgIpc) is 3.31. The maximum absolute atomic E-state index is 5.70. The summed E-state index contributed by atoms with van der Waals surface area (Å²) in [4.78, 5) is 6.49. The van der Waals surface area contributed by atoms with Gasteiger partial charge in [-0.2, -0.15) is 0 Å². The van der Waals surface area contributed by atoms with Gasteiger partial charge in [-0.1, -0.05) is 29.3 Å². The summed E-state index contributed by atoms with van der Waals surface area (Å²) in [6.07, 6.45) is 3.70. The molecule has 0 heterocycles. The van der Waals surface area contributed by atoms with Crippen LogP contribution in [0.3, 0.4) is 0 Å². The van der Waals surface area contributed by atoms with Crippen molar-refractivity contribution in [2.75, 3.05) is 40.4 Å². The van der Waals surface area contributed by atoms with E-state index in [0.717, 1.165) is 44.6 Å². The summed E-state index contributed by atoms with van der Waals surface area (Å²) in [7, 11) is 3.90. The number of hydrogen-bond donors (Lipinski definition) is 1. The highest BCUT2D eigenvalue weighted by molar-refractivity contribution is 5.79. The number of ether oxygens (including phenoxy) is 1. The SMILES string of the molecule is CN=C(NCCc1cc(C)cc(C)c1)N(C)CCOCC1CC1. The maximum atomic E-state index is 5.70. The number of nitrogens with zero attached hydrogens (tertiary/aromatic N) is 2. The van der Waals surface area contributed by atoms with Gasteiger partial charge in [0.05, 0.1) is 6.61 Å². The van der Waals surface area contributed by atoms with E-state index in [1.165, 1.54) is 29.5 Å². The van der Waals surface area contributed by atoms with E-state index >= 15 is 0 Å². The lowest BCUT2D eigenvalue weighted by atomic mass is 10.1. The molecule has 1 fully saturated rings. The van der Waals surface area contributed by atoms with Crippen LogP contribution < -0.4 is 5.32 Å². The van der Waals surface area contributed by atoms with Crippen molar-refractivity contribution >= 4 is 5.96 Å². The number of aliphatic imine (C=N–C) groups is 1. The van der Waals surface area contributed by atoms with Gasteiger partial charge in [-0.25, -0.2) is 0 Å². The largest absolute Gasteiger partial charge is 0.379 e. The number of rotatable bonds is 8. The minimum absolute atomic E-state index is 0.769. The first-order chi connectivity index (χ1) is 11.1. The first kappa shape index (κ1) is 17.8. The minimum atomic E-state index is 0.769. The second-order valence-corrected chi connectivity index (χ2v) is 6.66. The first-order valence-corrected chi connectivity index (χ1v) is 8.65. The van der Waals surface area contributed by atoms with Crippen LogP contribution in [0.2, 0.25) is 0 Å².